The van der Waals surface area contributed by atoms with Gasteiger partial charge in [0.2, 0.25) is 0 Å². The van der Waals surface area contributed by atoms with Crippen LogP contribution in [0, 0.1) is 83.1 Å². The van der Waals surface area contributed by atoms with Gasteiger partial charge in [0.05, 0.1) is 16.6 Å². The molecule has 0 unspecified atom stereocenters. The molecule has 4 heteroatoms. The molecule has 0 amide bonds. The van der Waals surface area contributed by atoms with Crippen LogP contribution in [-0.2, 0) is 15.3 Å². The van der Waals surface area contributed by atoms with Gasteiger partial charge in [-0.2, -0.15) is 0 Å². The predicted molar refractivity (Wildman–Crippen MR) is 187 cm³/mol. The molecule has 2 heterocycles. The first-order chi connectivity index (χ1) is 21.1. The quantitative estimate of drug-likeness (QED) is 0.174. The second-order valence-electron chi connectivity index (χ2n) is 13.7. The van der Waals surface area contributed by atoms with Crippen LogP contribution in [0.2, 0.25) is 0 Å². The zero-order chi connectivity index (χ0) is 32.7. The van der Waals surface area contributed by atoms with E-state index >= 15 is 0 Å². The van der Waals surface area contributed by atoms with Gasteiger partial charge in [-0.25, -0.2) is 8.42 Å². The van der Waals surface area contributed by atoms with Gasteiger partial charge >= 0.3 is 0 Å². The van der Waals surface area contributed by atoms with Crippen molar-refractivity contribution in [3.05, 3.63) is 119 Å². The summed E-state index contributed by atoms with van der Waals surface area (Å²) in [5.41, 5.74) is 23.1. The van der Waals surface area contributed by atoms with E-state index in [2.05, 4.69) is 83.1 Å². The van der Waals surface area contributed by atoms with Gasteiger partial charge in [-0.05, 0) is 207 Å². The summed E-state index contributed by atoms with van der Waals surface area (Å²) in [5, 5.41) is 2.27. The summed E-state index contributed by atoms with van der Waals surface area (Å²) in [6, 6.07) is 5.69. The molecule has 1 aromatic heterocycles. The number of benzene rings is 4. The summed E-state index contributed by atoms with van der Waals surface area (Å²) in [5.74, 6) is 0. The van der Waals surface area contributed by atoms with E-state index in [4.69, 9.17) is 4.42 Å². The molecular formula is C41H42O3S. The Morgan fingerprint density at radius 3 is 1.42 bits per heavy atom. The number of allylic oxidation sites excluding steroid dienone is 1. The van der Waals surface area contributed by atoms with Gasteiger partial charge in [-0.1, -0.05) is 6.08 Å². The average Bonchev–Trinajstić information content (AvgIpc) is 3.43. The molecule has 1 aliphatic carbocycles. The normalized spacial score (nSPS) is 15.6. The summed E-state index contributed by atoms with van der Waals surface area (Å²) in [6.07, 6.45) is 3.66. The lowest BCUT2D eigenvalue weighted by molar-refractivity contribution is 0.595. The zero-order valence-electron chi connectivity index (χ0n) is 28.6. The molecule has 2 aliphatic rings. The lowest BCUT2D eigenvalue weighted by atomic mass is 9.62. The van der Waals surface area contributed by atoms with E-state index in [1.54, 1.807) is 6.26 Å². The monoisotopic (exact) mass is 614 g/mol. The van der Waals surface area contributed by atoms with Crippen LogP contribution >= 0.6 is 0 Å². The number of rotatable bonds is 0. The third-order valence-corrected chi connectivity index (χ3v) is 13.6. The van der Waals surface area contributed by atoms with E-state index in [0.29, 0.717) is 10.5 Å². The maximum absolute atomic E-state index is 14.0. The predicted octanol–water partition coefficient (Wildman–Crippen LogP) is 10.4. The third-order valence-electron chi connectivity index (χ3n) is 12.1. The smallest absolute Gasteiger partial charge is 0.199 e. The lowest BCUT2D eigenvalue weighted by Gasteiger charge is -2.41. The van der Waals surface area contributed by atoms with Gasteiger partial charge in [0.25, 0.3) is 0 Å². The van der Waals surface area contributed by atoms with E-state index in [0.717, 1.165) is 10.9 Å². The molecule has 7 rings (SSSR count). The van der Waals surface area contributed by atoms with Gasteiger partial charge in [0, 0.05) is 10.8 Å². The Balaban J connectivity index is 1.92. The van der Waals surface area contributed by atoms with Crippen LogP contribution in [0.5, 0.6) is 0 Å². The molecule has 0 saturated heterocycles. The Hall–Kier alpha value is -3.89. The highest BCUT2D eigenvalue weighted by atomic mass is 32.2. The second kappa shape index (κ2) is 9.33. The Bertz CT molecular complexity index is 2240. The van der Waals surface area contributed by atoms with Crippen molar-refractivity contribution in [2.75, 3.05) is 0 Å². The summed E-state index contributed by atoms with van der Waals surface area (Å²) >= 11 is 0. The molecule has 0 atom stereocenters. The van der Waals surface area contributed by atoms with Crippen molar-refractivity contribution in [3.63, 3.8) is 0 Å². The highest BCUT2D eigenvalue weighted by Crippen LogP contribution is 2.61. The Kier molecular flexibility index (Phi) is 6.18. The first kappa shape index (κ1) is 29.8. The SMILES string of the molecule is Cc1c(C)c(C)c2c(c1C)-c1c(C)c(C)c(C)c(C)c1C1(C=CS(=O)(=O)c3cc4ccoc4cc31)c1c(C)c(C)c(C)c(C)c1-2. The first-order valence-electron chi connectivity index (χ1n) is 15.9. The molecular weight excluding hydrogens is 573 g/mol. The second-order valence-corrected chi connectivity index (χ2v) is 15.5. The molecule has 1 aliphatic heterocycles. The molecule has 230 valence electrons. The minimum absolute atomic E-state index is 0.355. The molecule has 4 aromatic carbocycles. The minimum atomic E-state index is -3.71. The van der Waals surface area contributed by atoms with E-state index in [-0.39, 0.29) is 0 Å². The highest BCUT2D eigenvalue weighted by Gasteiger charge is 2.49. The van der Waals surface area contributed by atoms with Crippen LogP contribution in [0.4, 0.5) is 0 Å². The van der Waals surface area contributed by atoms with E-state index < -0.39 is 15.3 Å². The van der Waals surface area contributed by atoms with E-state index in [1.807, 2.05) is 24.3 Å². The standard InChI is InChI=1S/C41H42O3S/c1-19-20(2)26(8)36-35(25(19)7)37-27(9)21(3)23(5)29(11)39(37)41(40-30(12)24(6)22(4)28(10)38(36)40)14-16-45(42,43)34-17-31-13-15-44-33(31)18-32(34)41/h13-18H,1-12H3. The van der Waals surface area contributed by atoms with Crippen molar-refractivity contribution < 1.29 is 12.8 Å². The zero-order valence-corrected chi connectivity index (χ0v) is 29.4. The van der Waals surface area contributed by atoms with Crippen LogP contribution in [0.15, 0.2) is 45.3 Å². The van der Waals surface area contributed by atoms with Gasteiger partial charge in [0.15, 0.2) is 9.84 Å². The van der Waals surface area contributed by atoms with Crippen molar-refractivity contribution in [2.24, 2.45) is 0 Å². The fourth-order valence-corrected chi connectivity index (χ4v) is 9.97. The number of hydrogen-bond acceptors (Lipinski definition) is 3. The lowest BCUT2D eigenvalue weighted by Crippen LogP contribution is -2.35. The van der Waals surface area contributed by atoms with Crippen LogP contribution in [-0.4, -0.2) is 8.42 Å². The maximum Gasteiger partial charge on any atom is 0.199 e. The largest absolute Gasteiger partial charge is 0.464 e. The van der Waals surface area contributed by atoms with Crippen LogP contribution in [0.25, 0.3) is 33.2 Å². The van der Waals surface area contributed by atoms with Gasteiger partial charge in [0.1, 0.15) is 5.58 Å². The molecule has 1 spiro atoms. The molecule has 0 saturated carbocycles. The maximum atomic E-state index is 14.0. The minimum Gasteiger partial charge on any atom is -0.464 e. The summed E-state index contributed by atoms with van der Waals surface area (Å²) < 4.78 is 34.0. The third kappa shape index (κ3) is 3.49. The summed E-state index contributed by atoms with van der Waals surface area (Å²) in [6.45, 7) is 26.9. The Morgan fingerprint density at radius 1 is 0.533 bits per heavy atom. The van der Waals surface area contributed by atoms with Crippen LogP contribution in [0.3, 0.4) is 0 Å². The number of hydrogen-bond donors (Lipinski definition) is 0. The number of sulfone groups is 1. The number of furan rings is 1. The molecule has 0 bridgehead atoms. The van der Waals surface area contributed by atoms with Gasteiger partial charge < -0.3 is 4.42 Å². The van der Waals surface area contributed by atoms with Crippen LogP contribution in [0.1, 0.15) is 83.5 Å². The fraction of sp³-hybridized carbons (Fsp3) is 0.317. The first-order valence-corrected chi connectivity index (χ1v) is 17.4. The van der Waals surface area contributed by atoms with Crippen molar-refractivity contribution in [1.29, 1.82) is 0 Å². The van der Waals surface area contributed by atoms with E-state index in [9.17, 15) is 8.42 Å². The topological polar surface area (TPSA) is 47.3 Å². The molecule has 0 fully saturated rings. The molecule has 0 radical (unpaired) electrons. The molecule has 3 nitrogen and oxygen atoms in total. The van der Waals surface area contributed by atoms with Crippen molar-refractivity contribution in [1.82, 2.24) is 0 Å². The van der Waals surface area contributed by atoms with Gasteiger partial charge in [-0.15, -0.1) is 0 Å². The van der Waals surface area contributed by atoms with E-state index in [1.165, 1.54) is 106 Å². The van der Waals surface area contributed by atoms with Crippen molar-refractivity contribution >= 4 is 20.8 Å². The fourth-order valence-electron chi connectivity index (χ4n) is 8.62. The highest BCUT2D eigenvalue weighted by molar-refractivity contribution is 7.94. The van der Waals surface area contributed by atoms with Crippen molar-refractivity contribution in [2.45, 2.75) is 93.4 Å². The summed E-state index contributed by atoms with van der Waals surface area (Å²) in [4.78, 5) is 0.355. The Labute approximate surface area is 267 Å². The average molecular weight is 615 g/mol. The van der Waals surface area contributed by atoms with Crippen LogP contribution < -0.4 is 0 Å². The summed E-state index contributed by atoms with van der Waals surface area (Å²) in [7, 11) is -3.71. The molecule has 0 N–H and O–H groups in total. The molecule has 5 aromatic rings. The van der Waals surface area contributed by atoms with Crippen molar-refractivity contribution in [3.8, 4) is 22.3 Å². The Morgan fingerprint density at radius 2 is 0.956 bits per heavy atom. The van der Waals surface area contributed by atoms with Gasteiger partial charge in [-0.3, -0.25) is 0 Å². The number of fused-ring (bicyclic) bond motifs is 10. The molecule has 45 heavy (non-hydrogen) atoms.